The third-order valence-corrected chi connectivity index (χ3v) is 8.30. The minimum Gasteiger partial charge on any atom is -0.310 e. The van der Waals surface area contributed by atoms with Gasteiger partial charge in [-0.2, -0.15) is 0 Å². The van der Waals surface area contributed by atoms with Crippen LogP contribution in [0.1, 0.15) is 22.3 Å². The molecule has 0 N–H and O–H groups in total. The minimum atomic E-state index is 0.752. The molecule has 206 valence electrons. The highest BCUT2D eigenvalue weighted by atomic mass is 35.5. The van der Waals surface area contributed by atoms with E-state index in [-0.39, 0.29) is 0 Å². The molecule has 6 aromatic carbocycles. The lowest BCUT2D eigenvalue weighted by Gasteiger charge is -2.27. The van der Waals surface area contributed by atoms with Gasteiger partial charge in [0.25, 0.3) is 0 Å². The zero-order valence-corrected chi connectivity index (χ0v) is 25.3. The van der Waals surface area contributed by atoms with E-state index in [2.05, 4.69) is 159 Å². The highest BCUT2D eigenvalue weighted by molar-refractivity contribution is 6.31. The molecule has 0 saturated heterocycles. The van der Waals surface area contributed by atoms with Crippen molar-refractivity contribution in [3.63, 3.8) is 0 Å². The van der Waals surface area contributed by atoms with E-state index in [1.165, 1.54) is 38.9 Å². The van der Waals surface area contributed by atoms with Crippen molar-refractivity contribution in [2.75, 3.05) is 4.90 Å². The van der Waals surface area contributed by atoms with E-state index < -0.39 is 0 Å². The number of benzene rings is 6. The molecule has 0 spiro atoms. The fourth-order valence-electron chi connectivity index (χ4n) is 5.92. The molecule has 42 heavy (non-hydrogen) atoms. The summed E-state index contributed by atoms with van der Waals surface area (Å²) in [5.41, 5.74) is 15.3. The first-order valence-corrected chi connectivity index (χ1v) is 14.8. The van der Waals surface area contributed by atoms with Gasteiger partial charge in [0.15, 0.2) is 0 Å². The van der Waals surface area contributed by atoms with Crippen LogP contribution in [0.4, 0.5) is 17.1 Å². The molecule has 1 nitrogen and oxygen atoms in total. The predicted octanol–water partition coefficient (Wildman–Crippen LogP) is 12.0. The summed E-state index contributed by atoms with van der Waals surface area (Å²) in [4.78, 5) is 2.31. The zero-order valence-electron chi connectivity index (χ0n) is 24.5. The van der Waals surface area contributed by atoms with Crippen molar-refractivity contribution in [1.82, 2.24) is 0 Å². The Balaban J connectivity index is 1.54. The molecular weight excluding hydrogens is 530 g/mol. The fraction of sp³-hybridized carbons (Fsp3) is 0.100. The van der Waals surface area contributed by atoms with Crippen LogP contribution in [-0.4, -0.2) is 0 Å². The van der Waals surface area contributed by atoms with Gasteiger partial charge in [-0.15, -0.1) is 0 Å². The third-order valence-electron chi connectivity index (χ3n) is 7.90. The van der Waals surface area contributed by atoms with Crippen LogP contribution in [0, 0.1) is 27.7 Å². The first-order chi connectivity index (χ1) is 20.4. The van der Waals surface area contributed by atoms with Gasteiger partial charge in [0.2, 0.25) is 0 Å². The van der Waals surface area contributed by atoms with E-state index in [0.29, 0.717) is 0 Å². The second kappa shape index (κ2) is 11.7. The van der Waals surface area contributed by atoms with Crippen molar-refractivity contribution >= 4 is 28.7 Å². The predicted molar refractivity (Wildman–Crippen MR) is 181 cm³/mol. The molecule has 0 aliphatic heterocycles. The van der Waals surface area contributed by atoms with Crippen molar-refractivity contribution < 1.29 is 0 Å². The summed E-state index contributed by atoms with van der Waals surface area (Å²) < 4.78 is 0. The molecule has 0 aliphatic rings. The standard InChI is InChI=1S/C40H34ClN/c1-27-21-29(3)40(30(4)22-27)33-16-19-36(20-17-33)42(37-18-15-28(2)39(41)26-37)38-24-34(31-11-7-5-8-12-31)23-35(25-38)32-13-9-6-10-14-32/h5-26H,1-4H3. The summed E-state index contributed by atoms with van der Waals surface area (Å²) in [6.07, 6.45) is 0. The van der Waals surface area contributed by atoms with Crippen molar-refractivity contribution in [3.05, 3.63) is 161 Å². The Kier molecular flexibility index (Phi) is 7.69. The van der Waals surface area contributed by atoms with E-state index in [1.54, 1.807) is 0 Å². The Hall–Kier alpha value is -4.59. The second-order valence-corrected chi connectivity index (χ2v) is 11.5. The lowest BCUT2D eigenvalue weighted by Crippen LogP contribution is -2.10. The van der Waals surface area contributed by atoms with E-state index >= 15 is 0 Å². The van der Waals surface area contributed by atoms with Crippen molar-refractivity contribution in [3.8, 4) is 33.4 Å². The van der Waals surface area contributed by atoms with Gasteiger partial charge in [-0.05, 0) is 120 Å². The van der Waals surface area contributed by atoms with Gasteiger partial charge in [0, 0.05) is 22.1 Å². The summed E-state index contributed by atoms with van der Waals surface area (Å²) in [6.45, 7) is 8.60. The zero-order chi connectivity index (χ0) is 29.2. The quantitative estimate of drug-likeness (QED) is 0.195. The average molecular weight is 564 g/mol. The average Bonchev–Trinajstić information content (AvgIpc) is 3.00. The van der Waals surface area contributed by atoms with E-state index in [4.69, 9.17) is 11.6 Å². The number of aryl methyl sites for hydroxylation is 4. The van der Waals surface area contributed by atoms with Crippen LogP contribution in [0.15, 0.2) is 133 Å². The van der Waals surface area contributed by atoms with Gasteiger partial charge in [-0.3, -0.25) is 0 Å². The third kappa shape index (κ3) is 5.62. The van der Waals surface area contributed by atoms with Crippen LogP contribution in [-0.2, 0) is 0 Å². The van der Waals surface area contributed by atoms with Crippen LogP contribution in [0.5, 0.6) is 0 Å². The maximum atomic E-state index is 6.71. The summed E-state index contributed by atoms with van der Waals surface area (Å²) in [6, 6.07) is 47.8. The Morgan fingerprint density at radius 2 is 0.929 bits per heavy atom. The monoisotopic (exact) mass is 563 g/mol. The molecule has 2 heteroatoms. The Morgan fingerprint density at radius 3 is 1.45 bits per heavy atom. The molecule has 0 heterocycles. The van der Waals surface area contributed by atoms with Gasteiger partial charge in [-0.1, -0.05) is 108 Å². The highest BCUT2D eigenvalue weighted by Crippen LogP contribution is 2.41. The molecule has 0 saturated carbocycles. The second-order valence-electron chi connectivity index (χ2n) is 11.1. The van der Waals surface area contributed by atoms with Gasteiger partial charge in [-0.25, -0.2) is 0 Å². The van der Waals surface area contributed by atoms with E-state index in [9.17, 15) is 0 Å². The summed E-state index contributed by atoms with van der Waals surface area (Å²) in [7, 11) is 0. The SMILES string of the molecule is Cc1cc(C)c(-c2ccc(N(c3cc(-c4ccccc4)cc(-c4ccccc4)c3)c3ccc(C)c(Cl)c3)cc2)c(C)c1. The van der Waals surface area contributed by atoms with Gasteiger partial charge in [0.1, 0.15) is 0 Å². The number of anilines is 3. The molecule has 0 amide bonds. The molecule has 0 radical (unpaired) electrons. The number of nitrogens with zero attached hydrogens (tertiary/aromatic N) is 1. The smallest absolute Gasteiger partial charge is 0.0476 e. The first-order valence-electron chi connectivity index (χ1n) is 14.4. The molecule has 0 bridgehead atoms. The molecule has 0 fully saturated rings. The van der Waals surface area contributed by atoms with Crippen LogP contribution in [0.2, 0.25) is 5.02 Å². The van der Waals surface area contributed by atoms with Crippen molar-refractivity contribution in [1.29, 1.82) is 0 Å². The molecular formula is C40H34ClN. The molecule has 0 unspecified atom stereocenters. The maximum Gasteiger partial charge on any atom is 0.0476 e. The maximum absolute atomic E-state index is 6.71. The molecule has 0 aliphatic carbocycles. The molecule has 0 aromatic heterocycles. The lowest BCUT2D eigenvalue weighted by molar-refractivity contribution is 1.27. The Bertz CT molecular complexity index is 1770. The van der Waals surface area contributed by atoms with Crippen molar-refractivity contribution in [2.45, 2.75) is 27.7 Å². The Morgan fingerprint density at radius 1 is 0.405 bits per heavy atom. The number of rotatable bonds is 6. The topological polar surface area (TPSA) is 3.24 Å². The van der Waals surface area contributed by atoms with Crippen LogP contribution in [0.3, 0.4) is 0 Å². The van der Waals surface area contributed by atoms with Crippen LogP contribution >= 0.6 is 11.6 Å². The number of hydrogen-bond acceptors (Lipinski definition) is 1. The summed E-state index contributed by atoms with van der Waals surface area (Å²) >= 11 is 6.71. The largest absolute Gasteiger partial charge is 0.310 e. The van der Waals surface area contributed by atoms with E-state index in [0.717, 1.165) is 38.8 Å². The lowest BCUT2D eigenvalue weighted by atomic mass is 9.93. The van der Waals surface area contributed by atoms with Gasteiger partial charge >= 0.3 is 0 Å². The van der Waals surface area contributed by atoms with Crippen molar-refractivity contribution in [2.24, 2.45) is 0 Å². The summed E-state index contributed by atoms with van der Waals surface area (Å²) in [5, 5.41) is 0.752. The number of hydrogen-bond donors (Lipinski definition) is 0. The van der Waals surface area contributed by atoms with Crippen LogP contribution in [0.25, 0.3) is 33.4 Å². The Labute approximate surface area is 254 Å². The molecule has 6 rings (SSSR count). The molecule has 6 aromatic rings. The first kappa shape index (κ1) is 27.6. The van der Waals surface area contributed by atoms with Gasteiger partial charge < -0.3 is 4.90 Å². The minimum absolute atomic E-state index is 0.752. The van der Waals surface area contributed by atoms with Crippen LogP contribution < -0.4 is 4.90 Å². The normalized spacial score (nSPS) is 11.0. The fourth-order valence-corrected chi connectivity index (χ4v) is 6.09. The highest BCUT2D eigenvalue weighted by Gasteiger charge is 2.17. The molecule has 0 atom stereocenters. The number of halogens is 1. The van der Waals surface area contributed by atoms with E-state index in [1.807, 2.05) is 6.92 Å². The summed E-state index contributed by atoms with van der Waals surface area (Å²) in [5.74, 6) is 0. The van der Waals surface area contributed by atoms with Gasteiger partial charge in [0.05, 0.1) is 0 Å².